The van der Waals surface area contributed by atoms with Crippen molar-refractivity contribution in [2.24, 2.45) is 5.92 Å². The summed E-state index contributed by atoms with van der Waals surface area (Å²) in [7, 11) is 0. The highest BCUT2D eigenvalue weighted by Crippen LogP contribution is 2.31. The minimum atomic E-state index is 0.0825. The maximum Gasteiger partial charge on any atom is 0.264 e. The van der Waals surface area contributed by atoms with Crippen LogP contribution >= 0.6 is 11.3 Å². The predicted molar refractivity (Wildman–Crippen MR) is 113 cm³/mol. The van der Waals surface area contributed by atoms with Crippen LogP contribution < -0.4 is 0 Å². The van der Waals surface area contributed by atoms with Crippen LogP contribution in [0.4, 0.5) is 0 Å². The quantitative estimate of drug-likeness (QED) is 0.756. The lowest BCUT2D eigenvalue weighted by Gasteiger charge is -2.34. The lowest BCUT2D eigenvalue weighted by atomic mass is 9.94. The number of thiophene rings is 1. The smallest absolute Gasteiger partial charge is 0.264 e. The van der Waals surface area contributed by atoms with Gasteiger partial charge in [0.15, 0.2) is 0 Å². The van der Waals surface area contributed by atoms with Crippen LogP contribution in [0.15, 0.2) is 41.8 Å². The fourth-order valence-electron chi connectivity index (χ4n) is 4.34. The van der Waals surface area contributed by atoms with Gasteiger partial charge in [0.25, 0.3) is 5.91 Å². The van der Waals surface area contributed by atoms with Gasteiger partial charge in [-0.05, 0) is 42.7 Å². The number of carbonyl (C=O) groups excluding carboxylic acids is 2. The average Bonchev–Trinajstić information content (AvgIpc) is 3.08. The fourth-order valence-corrected chi connectivity index (χ4v) is 5.23. The SMILES string of the molecule is O=C(c1sccc1-c1ccccc1)N1CCC(C(=O)N2CCCCCC2)CC1. The van der Waals surface area contributed by atoms with Crippen LogP contribution in [0.3, 0.4) is 0 Å². The van der Waals surface area contributed by atoms with Crippen LogP contribution in [-0.2, 0) is 4.79 Å². The molecule has 2 fully saturated rings. The van der Waals surface area contributed by atoms with E-state index in [-0.39, 0.29) is 11.8 Å². The second kappa shape index (κ2) is 8.91. The number of nitrogens with zero attached hydrogens (tertiary/aromatic N) is 2. The molecule has 0 saturated carbocycles. The molecule has 28 heavy (non-hydrogen) atoms. The second-order valence-corrected chi connectivity index (χ2v) is 8.75. The van der Waals surface area contributed by atoms with E-state index in [1.807, 2.05) is 46.7 Å². The number of carbonyl (C=O) groups is 2. The predicted octanol–water partition coefficient (Wildman–Crippen LogP) is 4.67. The van der Waals surface area contributed by atoms with E-state index in [2.05, 4.69) is 4.90 Å². The topological polar surface area (TPSA) is 40.6 Å². The first-order valence-electron chi connectivity index (χ1n) is 10.4. The molecule has 0 atom stereocenters. The van der Waals surface area contributed by atoms with Crippen molar-refractivity contribution in [2.45, 2.75) is 38.5 Å². The van der Waals surface area contributed by atoms with Gasteiger partial charge in [0.1, 0.15) is 0 Å². The molecule has 0 spiro atoms. The third-order valence-corrected chi connectivity index (χ3v) is 6.90. The molecule has 2 amide bonds. The van der Waals surface area contributed by atoms with E-state index in [0.29, 0.717) is 19.0 Å². The largest absolute Gasteiger partial charge is 0.342 e. The second-order valence-electron chi connectivity index (χ2n) is 7.84. The first-order valence-corrected chi connectivity index (χ1v) is 11.3. The van der Waals surface area contributed by atoms with Gasteiger partial charge in [-0.15, -0.1) is 11.3 Å². The molecule has 4 rings (SSSR count). The van der Waals surface area contributed by atoms with E-state index in [4.69, 9.17) is 0 Å². The van der Waals surface area contributed by atoms with Gasteiger partial charge < -0.3 is 9.80 Å². The number of likely N-dealkylation sites (tertiary alicyclic amines) is 2. The number of rotatable bonds is 3. The molecule has 4 nitrogen and oxygen atoms in total. The number of benzene rings is 1. The summed E-state index contributed by atoms with van der Waals surface area (Å²) in [4.78, 5) is 30.8. The summed E-state index contributed by atoms with van der Waals surface area (Å²) in [6.07, 6.45) is 6.30. The van der Waals surface area contributed by atoms with Gasteiger partial charge in [0.05, 0.1) is 4.88 Å². The Hall–Kier alpha value is -2.14. The molecular weight excluding hydrogens is 368 g/mol. The molecular formula is C23H28N2O2S. The van der Waals surface area contributed by atoms with Crippen molar-refractivity contribution in [3.05, 3.63) is 46.7 Å². The lowest BCUT2D eigenvalue weighted by Crippen LogP contribution is -2.44. The molecule has 2 aliphatic heterocycles. The van der Waals surface area contributed by atoms with E-state index in [1.165, 1.54) is 24.2 Å². The van der Waals surface area contributed by atoms with E-state index in [0.717, 1.165) is 54.8 Å². The molecule has 2 aliphatic rings. The summed E-state index contributed by atoms with van der Waals surface area (Å²) in [6.45, 7) is 3.17. The molecule has 0 aliphatic carbocycles. The first-order chi connectivity index (χ1) is 13.7. The van der Waals surface area contributed by atoms with Crippen molar-refractivity contribution >= 4 is 23.2 Å². The average molecular weight is 397 g/mol. The molecule has 0 bridgehead atoms. The van der Waals surface area contributed by atoms with Gasteiger partial charge in [0, 0.05) is 37.7 Å². The van der Waals surface area contributed by atoms with Gasteiger partial charge in [0.2, 0.25) is 5.91 Å². The minimum absolute atomic E-state index is 0.0825. The Bertz CT molecular complexity index is 801. The Kier molecular flexibility index (Phi) is 6.10. The summed E-state index contributed by atoms with van der Waals surface area (Å²) in [6, 6.07) is 12.1. The Morgan fingerprint density at radius 1 is 0.821 bits per heavy atom. The molecule has 0 unspecified atom stereocenters. The van der Waals surface area contributed by atoms with Gasteiger partial charge >= 0.3 is 0 Å². The van der Waals surface area contributed by atoms with Crippen molar-refractivity contribution in [1.82, 2.24) is 9.80 Å². The normalized spacial score (nSPS) is 18.7. The van der Waals surface area contributed by atoms with Gasteiger partial charge in [-0.3, -0.25) is 9.59 Å². The van der Waals surface area contributed by atoms with Crippen molar-refractivity contribution in [2.75, 3.05) is 26.2 Å². The minimum Gasteiger partial charge on any atom is -0.342 e. The lowest BCUT2D eigenvalue weighted by molar-refractivity contribution is -0.136. The maximum atomic E-state index is 13.1. The Morgan fingerprint density at radius 3 is 2.18 bits per heavy atom. The van der Waals surface area contributed by atoms with Gasteiger partial charge in [-0.2, -0.15) is 0 Å². The van der Waals surface area contributed by atoms with E-state index in [1.54, 1.807) is 0 Å². The molecule has 5 heteroatoms. The number of piperidine rings is 1. The van der Waals surface area contributed by atoms with Crippen molar-refractivity contribution in [1.29, 1.82) is 0 Å². The summed E-state index contributed by atoms with van der Waals surface area (Å²) in [5.41, 5.74) is 2.09. The van der Waals surface area contributed by atoms with Crippen LogP contribution in [0.25, 0.3) is 11.1 Å². The fraction of sp³-hybridized carbons (Fsp3) is 0.478. The van der Waals surface area contributed by atoms with Crippen LogP contribution in [0.5, 0.6) is 0 Å². The third kappa shape index (κ3) is 4.14. The highest BCUT2D eigenvalue weighted by atomic mass is 32.1. The molecule has 148 valence electrons. The van der Waals surface area contributed by atoms with Crippen LogP contribution in [0.2, 0.25) is 0 Å². The molecule has 3 heterocycles. The zero-order valence-electron chi connectivity index (χ0n) is 16.3. The molecule has 0 N–H and O–H groups in total. The van der Waals surface area contributed by atoms with Crippen molar-refractivity contribution in [3.8, 4) is 11.1 Å². The summed E-state index contributed by atoms with van der Waals surface area (Å²) in [5.74, 6) is 0.503. The van der Waals surface area contributed by atoms with E-state index < -0.39 is 0 Å². The third-order valence-electron chi connectivity index (χ3n) is 5.99. The van der Waals surface area contributed by atoms with Crippen LogP contribution in [-0.4, -0.2) is 47.8 Å². The Balaban J connectivity index is 1.38. The Morgan fingerprint density at radius 2 is 1.50 bits per heavy atom. The number of hydrogen-bond acceptors (Lipinski definition) is 3. The van der Waals surface area contributed by atoms with E-state index in [9.17, 15) is 9.59 Å². The first kappa shape index (κ1) is 19.2. The van der Waals surface area contributed by atoms with Crippen molar-refractivity contribution in [3.63, 3.8) is 0 Å². The molecule has 0 radical (unpaired) electrons. The highest BCUT2D eigenvalue weighted by Gasteiger charge is 2.31. The summed E-state index contributed by atoms with van der Waals surface area (Å²) in [5, 5.41) is 1.99. The van der Waals surface area contributed by atoms with Gasteiger partial charge in [-0.25, -0.2) is 0 Å². The van der Waals surface area contributed by atoms with Crippen LogP contribution in [0.1, 0.15) is 48.2 Å². The molecule has 2 saturated heterocycles. The maximum absolute atomic E-state index is 13.1. The monoisotopic (exact) mass is 396 g/mol. The molecule has 1 aromatic carbocycles. The Labute approximate surface area is 171 Å². The number of hydrogen-bond donors (Lipinski definition) is 0. The summed E-state index contributed by atoms with van der Waals surface area (Å²) < 4.78 is 0. The van der Waals surface area contributed by atoms with Crippen LogP contribution in [0, 0.1) is 5.92 Å². The van der Waals surface area contributed by atoms with Gasteiger partial charge in [-0.1, -0.05) is 43.2 Å². The van der Waals surface area contributed by atoms with Crippen molar-refractivity contribution < 1.29 is 9.59 Å². The summed E-state index contributed by atoms with van der Waals surface area (Å²) >= 11 is 1.51. The zero-order valence-corrected chi connectivity index (χ0v) is 17.1. The zero-order chi connectivity index (χ0) is 19.3. The molecule has 2 aromatic rings. The number of amides is 2. The highest BCUT2D eigenvalue weighted by molar-refractivity contribution is 7.12. The molecule has 1 aromatic heterocycles. The standard InChI is InChI=1S/C23H28N2O2S/c26-22(24-13-6-1-2-7-14-24)19-10-15-25(16-11-19)23(27)21-20(12-17-28-21)18-8-4-3-5-9-18/h3-5,8-9,12,17,19H,1-2,6-7,10-11,13-16H2. The van der Waals surface area contributed by atoms with E-state index >= 15 is 0 Å².